The average Bonchev–Trinajstić information content (AvgIpc) is 3.56. The fraction of sp³-hybridized carbons (Fsp3) is 0.0303. The van der Waals surface area contributed by atoms with Crippen molar-refractivity contribution in [2.45, 2.75) is 6.92 Å². The first-order chi connectivity index (χ1) is 18.3. The van der Waals surface area contributed by atoms with Crippen molar-refractivity contribution < 1.29 is 0 Å². The number of aryl methyl sites for hydroxylation is 1. The molecule has 0 aliphatic heterocycles. The molecule has 0 amide bonds. The summed E-state index contributed by atoms with van der Waals surface area (Å²) in [4.78, 5) is 0. The minimum atomic E-state index is 0.828. The topological polar surface area (TPSA) is 30.7 Å². The van der Waals surface area contributed by atoms with Gasteiger partial charge in [-0.1, -0.05) is 109 Å². The molecule has 176 valence electrons. The van der Waals surface area contributed by atoms with Gasteiger partial charge in [0.1, 0.15) is 0 Å². The molecular weight excluding hydrogens is 470 g/mol. The molecule has 0 saturated heterocycles. The Morgan fingerprint density at radius 1 is 0.541 bits per heavy atom. The van der Waals surface area contributed by atoms with E-state index in [0.717, 1.165) is 28.5 Å². The zero-order valence-corrected chi connectivity index (χ0v) is 21.1. The molecule has 0 aliphatic carbocycles. The van der Waals surface area contributed by atoms with Crippen LogP contribution < -0.4 is 0 Å². The molecule has 2 heterocycles. The van der Waals surface area contributed by atoms with Crippen LogP contribution in [0.3, 0.4) is 0 Å². The minimum absolute atomic E-state index is 0.828. The van der Waals surface area contributed by atoms with Crippen LogP contribution in [0.25, 0.3) is 59.8 Å². The van der Waals surface area contributed by atoms with Crippen LogP contribution in [0, 0.1) is 6.92 Å². The van der Waals surface area contributed by atoms with Crippen molar-refractivity contribution in [1.29, 1.82) is 0 Å². The van der Waals surface area contributed by atoms with Gasteiger partial charge >= 0.3 is 0 Å². The van der Waals surface area contributed by atoms with Gasteiger partial charge in [0.2, 0.25) is 0 Å². The fourth-order valence-electron chi connectivity index (χ4n) is 4.96. The third-order valence-electron chi connectivity index (χ3n) is 6.85. The Labute approximate surface area is 219 Å². The van der Waals surface area contributed by atoms with Crippen molar-refractivity contribution in [3.63, 3.8) is 0 Å². The van der Waals surface area contributed by atoms with Gasteiger partial charge in [-0.15, -0.1) is 21.5 Å². The zero-order chi connectivity index (χ0) is 24.8. The summed E-state index contributed by atoms with van der Waals surface area (Å²) in [5.41, 5.74) is 6.79. The maximum atomic E-state index is 4.66. The van der Waals surface area contributed by atoms with Gasteiger partial charge in [0, 0.05) is 37.0 Å². The molecule has 7 rings (SSSR count). The Morgan fingerprint density at radius 3 is 1.92 bits per heavy atom. The number of nitrogens with zero attached hydrogens (tertiary/aromatic N) is 3. The summed E-state index contributed by atoms with van der Waals surface area (Å²) >= 11 is 1.86. The summed E-state index contributed by atoms with van der Waals surface area (Å²) in [6.45, 7) is 2.10. The molecule has 0 aliphatic rings. The van der Waals surface area contributed by atoms with Crippen molar-refractivity contribution in [3.05, 3.63) is 127 Å². The molecule has 4 heteroatoms. The van der Waals surface area contributed by atoms with Crippen molar-refractivity contribution >= 4 is 31.5 Å². The van der Waals surface area contributed by atoms with E-state index in [1.54, 1.807) is 0 Å². The Balaban J connectivity index is 1.35. The first kappa shape index (κ1) is 21.7. The van der Waals surface area contributed by atoms with Crippen LogP contribution in [0.1, 0.15) is 5.56 Å². The second kappa shape index (κ2) is 8.84. The summed E-state index contributed by atoms with van der Waals surface area (Å²) in [7, 11) is 0. The standard InChI is InChI=1S/C33H23N3S/c1-22-14-20-26(21-15-22)36-32(24-8-3-2-4-9-24)34-35-33(36)25-18-16-23(17-19-25)27-11-7-12-29-28-10-5-6-13-30(28)37-31(27)29/h2-21H,1H3. The summed E-state index contributed by atoms with van der Waals surface area (Å²) in [5.74, 6) is 1.66. The Bertz CT molecular complexity index is 1860. The lowest BCUT2D eigenvalue weighted by Crippen LogP contribution is -2.00. The van der Waals surface area contributed by atoms with Crippen molar-refractivity contribution in [1.82, 2.24) is 14.8 Å². The van der Waals surface area contributed by atoms with Gasteiger partial charge < -0.3 is 0 Å². The van der Waals surface area contributed by atoms with E-state index >= 15 is 0 Å². The predicted molar refractivity (Wildman–Crippen MR) is 155 cm³/mol. The maximum Gasteiger partial charge on any atom is 0.168 e. The molecule has 0 fully saturated rings. The van der Waals surface area contributed by atoms with E-state index in [2.05, 4.69) is 125 Å². The molecular formula is C33H23N3S. The monoisotopic (exact) mass is 493 g/mol. The van der Waals surface area contributed by atoms with Gasteiger partial charge in [0.15, 0.2) is 11.6 Å². The van der Waals surface area contributed by atoms with E-state index < -0.39 is 0 Å². The lowest BCUT2D eigenvalue weighted by molar-refractivity contribution is 1.07. The van der Waals surface area contributed by atoms with Crippen LogP contribution in [0.5, 0.6) is 0 Å². The van der Waals surface area contributed by atoms with Gasteiger partial charge in [-0.3, -0.25) is 4.57 Å². The van der Waals surface area contributed by atoms with Crippen LogP contribution in [-0.2, 0) is 0 Å². The summed E-state index contributed by atoms with van der Waals surface area (Å²) in [6.07, 6.45) is 0. The molecule has 2 aromatic heterocycles. The smallest absolute Gasteiger partial charge is 0.168 e. The summed E-state index contributed by atoms with van der Waals surface area (Å²) in [6, 6.07) is 42.7. The van der Waals surface area contributed by atoms with Crippen LogP contribution in [-0.4, -0.2) is 14.8 Å². The number of hydrogen-bond acceptors (Lipinski definition) is 3. The highest BCUT2D eigenvalue weighted by Crippen LogP contribution is 2.40. The highest BCUT2D eigenvalue weighted by molar-refractivity contribution is 7.26. The van der Waals surface area contributed by atoms with E-state index in [1.165, 1.54) is 36.9 Å². The number of benzene rings is 5. The third-order valence-corrected chi connectivity index (χ3v) is 8.07. The molecule has 0 spiro atoms. The van der Waals surface area contributed by atoms with Gasteiger partial charge in [-0.05, 0) is 36.2 Å². The SMILES string of the molecule is Cc1ccc(-n2c(-c3ccccc3)nnc2-c2ccc(-c3cccc4c3sc3ccccc34)cc2)cc1. The number of aromatic nitrogens is 3. The second-order valence-corrected chi connectivity index (χ2v) is 10.3. The molecule has 0 N–H and O–H groups in total. The number of fused-ring (bicyclic) bond motifs is 3. The van der Waals surface area contributed by atoms with E-state index in [-0.39, 0.29) is 0 Å². The van der Waals surface area contributed by atoms with Gasteiger partial charge in [-0.25, -0.2) is 0 Å². The quantitative estimate of drug-likeness (QED) is 0.245. The first-order valence-corrected chi connectivity index (χ1v) is 13.2. The number of hydrogen-bond donors (Lipinski definition) is 0. The second-order valence-electron chi connectivity index (χ2n) is 9.24. The normalized spacial score (nSPS) is 11.4. The fourth-order valence-corrected chi connectivity index (χ4v) is 6.20. The molecule has 3 nitrogen and oxygen atoms in total. The molecule has 0 unspecified atom stereocenters. The van der Waals surface area contributed by atoms with Crippen LogP contribution in [0.15, 0.2) is 121 Å². The van der Waals surface area contributed by atoms with Crippen LogP contribution in [0.2, 0.25) is 0 Å². The molecule has 7 aromatic rings. The summed E-state index contributed by atoms with van der Waals surface area (Å²) < 4.78 is 4.79. The molecule has 5 aromatic carbocycles. The Kier molecular flexibility index (Phi) is 5.19. The minimum Gasteiger partial charge on any atom is -0.275 e. The number of thiophene rings is 1. The van der Waals surface area contributed by atoms with Gasteiger partial charge in [0.25, 0.3) is 0 Å². The number of rotatable bonds is 4. The van der Waals surface area contributed by atoms with Crippen molar-refractivity contribution in [2.24, 2.45) is 0 Å². The van der Waals surface area contributed by atoms with Crippen molar-refractivity contribution in [2.75, 3.05) is 0 Å². The summed E-state index contributed by atoms with van der Waals surface area (Å²) in [5, 5.41) is 11.9. The molecule has 0 saturated carbocycles. The molecule has 37 heavy (non-hydrogen) atoms. The Hall–Kier alpha value is -4.54. The highest BCUT2D eigenvalue weighted by Gasteiger charge is 2.17. The molecule has 0 bridgehead atoms. The van der Waals surface area contributed by atoms with Crippen LogP contribution >= 0.6 is 11.3 Å². The van der Waals surface area contributed by atoms with Crippen molar-refractivity contribution in [3.8, 4) is 39.6 Å². The predicted octanol–water partition coefficient (Wildman–Crippen LogP) is 8.94. The van der Waals surface area contributed by atoms with E-state index in [9.17, 15) is 0 Å². The lowest BCUT2D eigenvalue weighted by atomic mass is 10.0. The Morgan fingerprint density at radius 2 is 1.16 bits per heavy atom. The van der Waals surface area contributed by atoms with E-state index in [0.29, 0.717) is 0 Å². The average molecular weight is 494 g/mol. The lowest BCUT2D eigenvalue weighted by Gasteiger charge is -2.12. The zero-order valence-electron chi connectivity index (χ0n) is 20.3. The first-order valence-electron chi connectivity index (χ1n) is 12.4. The molecule has 0 atom stereocenters. The maximum absolute atomic E-state index is 4.66. The van der Waals surface area contributed by atoms with E-state index in [4.69, 9.17) is 0 Å². The van der Waals surface area contributed by atoms with Gasteiger partial charge in [-0.2, -0.15) is 0 Å². The largest absolute Gasteiger partial charge is 0.275 e. The van der Waals surface area contributed by atoms with E-state index in [1.807, 2.05) is 29.5 Å². The van der Waals surface area contributed by atoms with Crippen LogP contribution in [0.4, 0.5) is 0 Å². The highest BCUT2D eigenvalue weighted by atomic mass is 32.1. The third kappa shape index (κ3) is 3.74. The van der Waals surface area contributed by atoms with Gasteiger partial charge in [0.05, 0.1) is 0 Å². The molecule has 0 radical (unpaired) electrons.